The van der Waals surface area contributed by atoms with Gasteiger partial charge in [0.15, 0.2) is 0 Å². The summed E-state index contributed by atoms with van der Waals surface area (Å²) in [5.41, 5.74) is 0. The molecule has 0 spiro atoms. The lowest BCUT2D eigenvalue weighted by Gasteiger charge is -2.23. The van der Waals surface area contributed by atoms with Crippen LogP contribution >= 0.6 is 34.8 Å². The number of nitrogens with zero attached hydrogens (tertiary/aromatic N) is 2. The number of aromatic nitrogens is 2. The van der Waals surface area contributed by atoms with Crippen molar-refractivity contribution in [1.29, 1.82) is 0 Å². The van der Waals surface area contributed by atoms with Crippen LogP contribution in [0.15, 0.2) is 4.42 Å². The van der Waals surface area contributed by atoms with Gasteiger partial charge in [-0.25, -0.2) is 0 Å². The number of rotatable bonds is 1. The monoisotopic (exact) mass is 282 g/mol. The Morgan fingerprint density at radius 1 is 1.12 bits per heavy atom. The van der Waals surface area contributed by atoms with Gasteiger partial charge in [0.05, 0.1) is 0 Å². The average molecular weight is 284 g/mol. The van der Waals surface area contributed by atoms with Crippen LogP contribution in [-0.2, 0) is 3.79 Å². The molecule has 1 saturated carbocycles. The van der Waals surface area contributed by atoms with Crippen LogP contribution in [0.1, 0.15) is 50.3 Å². The Morgan fingerprint density at radius 3 is 2.25 bits per heavy atom. The van der Waals surface area contributed by atoms with Gasteiger partial charge in [0.25, 0.3) is 9.68 Å². The van der Waals surface area contributed by atoms with Crippen LogP contribution in [0, 0.1) is 5.92 Å². The van der Waals surface area contributed by atoms with E-state index in [1.165, 1.54) is 12.8 Å². The van der Waals surface area contributed by atoms with Crippen molar-refractivity contribution in [2.45, 2.75) is 42.3 Å². The van der Waals surface area contributed by atoms with E-state index in [9.17, 15) is 0 Å². The molecule has 1 heterocycles. The van der Waals surface area contributed by atoms with Crippen LogP contribution in [0.25, 0.3) is 0 Å². The van der Waals surface area contributed by atoms with Gasteiger partial charge >= 0.3 is 0 Å². The van der Waals surface area contributed by atoms with E-state index in [4.69, 9.17) is 39.2 Å². The summed E-state index contributed by atoms with van der Waals surface area (Å²) in [5.74, 6) is 1.77. The second kappa shape index (κ2) is 4.71. The second-order valence-corrected chi connectivity index (χ2v) is 6.68. The maximum atomic E-state index is 5.67. The van der Waals surface area contributed by atoms with Gasteiger partial charge in [-0.3, -0.25) is 0 Å². The Morgan fingerprint density at radius 2 is 1.75 bits per heavy atom. The molecule has 1 aromatic rings. The summed E-state index contributed by atoms with van der Waals surface area (Å²) in [6.45, 7) is 2.26. The Balaban J connectivity index is 2.08. The summed E-state index contributed by atoms with van der Waals surface area (Å²) < 4.78 is 3.79. The molecule has 0 unspecified atom stereocenters. The molecule has 1 aromatic heterocycles. The van der Waals surface area contributed by atoms with Gasteiger partial charge in [0.1, 0.15) is 0 Å². The third kappa shape index (κ3) is 2.82. The molecular formula is C10H13Cl3N2O. The first-order chi connectivity index (χ1) is 7.47. The highest BCUT2D eigenvalue weighted by atomic mass is 35.6. The smallest absolute Gasteiger partial charge is 0.268 e. The third-order valence-corrected chi connectivity index (χ3v) is 3.53. The van der Waals surface area contributed by atoms with E-state index < -0.39 is 3.79 Å². The van der Waals surface area contributed by atoms with E-state index in [0.29, 0.717) is 11.8 Å². The van der Waals surface area contributed by atoms with Crippen molar-refractivity contribution in [1.82, 2.24) is 10.2 Å². The van der Waals surface area contributed by atoms with Crippen LogP contribution in [0.5, 0.6) is 0 Å². The predicted octanol–water partition coefficient (Wildman–Crippen LogP) is 4.19. The van der Waals surface area contributed by atoms with Crippen LogP contribution < -0.4 is 0 Å². The van der Waals surface area contributed by atoms with Gasteiger partial charge in [-0.2, -0.15) is 0 Å². The van der Waals surface area contributed by atoms with Crippen LogP contribution in [0.2, 0.25) is 0 Å². The average Bonchev–Trinajstić information content (AvgIpc) is 2.67. The minimum Gasteiger partial charge on any atom is -0.421 e. The van der Waals surface area contributed by atoms with Gasteiger partial charge < -0.3 is 4.42 Å². The van der Waals surface area contributed by atoms with E-state index >= 15 is 0 Å². The topological polar surface area (TPSA) is 38.9 Å². The zero-order valence-electron chi connectivity index (χ0n) is 8.92. The van der Waals surface area contributed by atoms with E-state index in [-0.39, 0.29) is 5.89 Å². The van der Waals surface area contributed by atoms with Crippen LogP contribution in [0.3, 0.4) is 0 Å². The first-order valence-electron chi connectivity index (χ1n) is 5.37. The molecular weight excluding hydrogens is 270 g/mol. The third-order valence-electron chi connectivity index (χ3n) is 3.05. The number of halogens is 3. The predicted molar refractivity (Wildman–Crippen MR) is 63.9 cm³/mol. The Bertz CT molecular complexity index is 353. The zero-order chi connectivity index (χ0) is 11.8. The molecule has 1 aliphatic rings. The normalized spacial score (nSPS) is 27.0. The first kappa shape index (κ1) is 12.5. The summed E-state index contributed by atoms with van der Waals surface area (Å²) in [7, 11) is 0. The number of alkyl halides is 3. The maximum Gasteiger partial charge on any atom is 0.268 e. The summed E-state index contributed by atoms with van der Waals surface area (Å²) in [5, 5.41) is 7.73. The Hall–Kier alpha value is 0.01000. The summed E-state index contributed by atoms with van der Waals surface area (Å²) >= 11 is 17.0. The van der Waals surface area contributed by atoms with Crippen LogP contribution in [0.4, 0.5) is 0 Å². The Kier molecular flexibility index (Phi) is 3.67. The SMILES string of the molecule is CC1CCC(c2nnc(C(Cl)(Cl)Cl)o2)CC1. The van der Waals surface area contributed by atoms with Crippen molar-refractivity contribution < 1.29 is 4.42 Å². The molecule has 0 amide bonds. The summed E-state index contributed by atoms with van der Waals surface area (Å²) in [6.07, 6.45) is 4.53. The molecule has 0 aliphatic heterocycles. The molecule has 0 aromatic carbocycles. The van der Waals surface area contributed by atoms with Gasteiger partial charge in [0, 0.05) is 5.92 Å². The molecule has 0 radical (unpaired) electrons. The number of hydrogen-bond donors (Lipinski definition) is 0. The quantitative estimate of drug-likeness (QED) is 0.725. The fourth-order valence-electron chi connectivity index (χ4n) is 2.02. The molecule has 3 nitrogen and oxygen atoms in total. The maximum absolute atomic E-state index is 5.67. The van der Waals surface area contributed by atoms with Gasteiger partial charge in [-0.05, 0) is 31.6 Å². The molecule has 0 N–H and O–H groups in total. The summed E-state index contributed by atoms with van der Waals surface area (Å²) in [4.78, 5) is 0. The Labute approximate surface area is 109 Å². The standard InChI is InChI=1S/C10H13Cl3N2O/c1-6-2-4-7(5-3-6)8-14-15-9(16-8)10(11,12)13/h6-7H,2-5H2,1H3. The van der Waals surface area contributed by atoms with Gasteiger partial charge in [-0.1, -0.05) is 41.7 Å². The highest BCUT2D eigenvalue weighted by molar-refractivity contribution is 6.66. The van der Waals surface area contributed by atoms with E-state index in [2.05, 4.69) is 17.1 Å². The van der Waals surface area contributed by atoms with Crippen LogP contribution in [-0.4, -0.2) is 10.2 Å². The van der Waals surface area contributed by atoms with Crippen molar-refractivity contribution in [3.8, 4) is 0 Å². The zero-order valence-corrected chi connectivity index (χ0v) is 11.2. The minimum absolute atomic E-state index is 0.0612. The fraction of sp³-hybridized carbons (Fsp3) is 0.800. The largest absolute Gasteiger partial charge is 0.421 e. The lowest BCUT2D eigenvalue weighted by Crippen LogP contribution is -2.11. The molecule has 90 valence electrons. The fourth-order valence-corrected chi connectivity index (χ4v) is 2.25. The first-order valence-corrected chi connectivity index (χ1v) is 6.51. The van der Waals surface area contributed by atoms with Crippen molar-refractivity contribution in [2.24, 2.45) is 5.92 Å². The highest BCUT2D eigenvalue weighted by Crippen LogP contribution is 2.40. The second-order valence-electron chi connectivity index (χ2n) is 4.40. The molecule has 0 saturated heterocycles. The van der Waals surface area contributed by atoms with Crippen molar-refractivity contribution >= 4 is 34.8 Å². The van der Waals surface area contributed by atoms with Crippen molar-refractivity contribution in [3.05, 3.63) is 11.8 Å². The van der Waals surface area contributed by atoms with Gasteiger partial charge in [0.2, 0.25) is 5.89 Å². The molecule has 6 heteroatoms. The van der Waals surface area contributed by atoms with Gasteiger partial charge in [-0.15, -0.1) is 10.2 Å². The van der Waals surface area contributed by atoms with E-state index in [0.717, 1.165) is 18.8 Å². The van der Waals surface area contributed by atoms with Crippen molar-refractivity contribution in [2.75, 3.05) is 0 Å². The van der Waals surface area contributed by atoms with E-state index in [1.807, 2.05) is 0 Å². The molecule has 0 bridgehead atoms. The highest BCUT2D eigenvalue weighted by Gasteiger charge is 2.32. The van der Waals surface area contributed by atoms with E-state index in [1.54, 1.807) is 0 Å². The lowest BCUT2D eigenvalue weighted by atomic mass is 9.83. The summed E-state index contributed by atoms with van der Waals surface area (Å²) in [6, 6.07) is 0. The number of hydrogen-bond acceptors (Lipinski definition) is 3. The molecule has 16 heavy (non-hydrogen) atoms. The molecule has 1 aliphatic carbocycles. The molecule has 1 fully saturated rings. The molecule has 0 atom stereocenters. The van der Waals surface area contributed by atoms with Crippen molar-refractivity contribution in [3.63, 3.8) is 0 Å². The minimum atomic E-state index is -1.62. The molecule has 2 rings (SSSR count). The lowest BCUT2D eigenvalue weighted by molar-refractivity contribution is 0.302.